The molecule has 0 amide bonds. The van der Waals surface area contributed by atoms with Gasteiger partial charge in [0.05, 0.1) is 0 Å². The topological polar surface area (TPSA) is 41.1 Å². The molecular formula is C15H19ClN4. The van der Waals surface area contributed by atoms with Crippen LogP contribution in [0, 0.1) is 6.92 Å². The standard InChI is InChI=1S/C15H19ClN4/c1-4-20(5-2)14-8-9-17-15(19-14)18-12-7-6-11(3)13(16)10-12/h6-10H,4-5H2,1-3H3,(H,17,18,19). The van der Waals surface area contributed by atoms with Crippen LogP contribution in [0.1, 0.15) is 19.4 Å². The van der Waals surface area contributed by atoms with E-state index in [0.29, 0.717) is 5.95 Å². The molecule has 0 saturated heterocycles. The SMILES string of the molecule is CCN(CC)c1ccnc(Nc2ccc(C)c(Cl)c2)n1. The average Bonchev–Trinajstić information content (AvgIpc) is 2.45. The van der Waals surface area contributed by atoms with Gasteiger partial charge in [0.2, 0.25) is 5.95 Å². The molecule has 0 spiro atoms. The minimum atomic E-state index is 0.578. The van der Waals surface area contributed by atoms with Crippen molar-refractivity contribution in [3.63, 3.8) is 0 Å². The lowest BCUT2D eigenvalue weighted by molar-refractivity contribution is 0.843. The Kier molecular flexibility index (Phi) is 4.79. The van der Waals surface area contributed by atoms with Gasteiger partial charge in [0.15, 0.2) is 0 Å². The third-order valence-electron chi connectivity index (χ3n) is 3.16. The Morgan fingerprint density at radius 2 is 1.95 bits per heavy atom. The van der Waals surface area contributed by atoms with Crippen LogP contribution in [0.3, 0.4) is 0 Å². The first kappa shape index (κ1) is 14.6. The van der Waals surface area contributed by atoms with Crippen LogP contribution in [0.2, 0.25) is 5.02 Å². The molecule has 0 fully saturated rings. The van der Waals surface area contributed by atoms with Gasteiger partial charge in [0.25, 0.3) is 0 Å². The number of hydrogen-bond donors (Lipinski definition) is 1. The first-order valence-corrected chi connectivity index (χ1v) is 7.13. The van der Waals surface area contributed by atoms with Crippen LogP contribution >= 0.6 is 11.6 Å². The van der Waals surface area contributed by atoms with Gasteiger partial charge in [-0.1, -0.05) is 17.7 Å². The molecule has 0 radical (unpaired) electrons. The zero-order valence-corrected chi connectivity index (χ0v) is 12.8. The van der Waals surface area contributed by atoms with E-state index in [1.807, 2.05) is 31.2 Å². The molecule has 20 heavy (non-hydrogen) atoms. The molecule has 4 nitrogen and oxygen atoms in total. The van der Waals surface area contributed by atoms with E-state index in [9.17, 15) is 0 Å². The first-order chi connectivity index (χ1) is 9.63. The number of anilines is 3. The van der Waals surface area contributed by atoms with Gasteiger partial charge in [0, 0.05) is 30.0 Å². The van der Waals surface area contributed by atoms with Crippen molar-refractivity contribution in [2.24, 2.45) is 0 Å². The van der Waals surface area contributed by atoms with E-state index in [2.05, 4.69) is 34.0 Å². The van der Waals surface area contributed by atoms with E-state index in [-0.39, 0.29) is 0 Å². The van der Waals surface area contributed by atoms with Gasteiger partial charge >= 0.3 is 0 Å². The molecule has 2 rings (SSSR count). The van der Waals surface area contributed by atoms with E-state index in [4.69, 9.17) is 11.6 Å². The number of nitrogens with one attached hydrogen (secondary N) is 1. The fourth-order valence-corrected chi connectivity index (χ4v) is 2.11. The Morgan fingerprint density at radius 1 is 1.20 bits per heavy atom. The zero-order chi connectivity index (χ0) is 14.5. The second-order valence-corrected chi connectivity index (χ2v) is 4.91. The van der Waals surface area contributed by atoms with Crippen LogP contribution in [0.5, 0.6) is 0 Å². The van der Waals surface area contributed by atoms with Crippen molar-refractivity contribution < 1.29 is 0 Å². The van der Waals surface area contributed by atoms with Crippen molar-refractivity contribution >= 4 is 29.1 Å². The smallest absolute Gasteiger partial charge is 0.229 e. The molecule has 1 heterocycles. The average molecular weight is 291 g/mol. The Labute approximate surface area is 124 Å². The summed E-state index contributed by atoms with van der Waals surface area (Å²) in [5.41, 5.74) is 1.94. The Bertz CT molecular complexity index is 582. The summed E-state index contributed by atoms with van der Waals surface area (Å²) in [7, 11) is 0. The normalized spacial score (nSPS) is 10.4. The van der Waals surface area contributed by atoms with E-state index < -0.39 is 0 Å². The predicted octanol–water partition coefficient (Wildman–Crippen LogP) is 4.03. The number of rotatable bonds is 5. The molecule has 0 aliphatic carbocycles. The monoisotopic (exact) mass is 290 g/mol. The number of hydrogen-bond acceptors (Lipinski definition) is 4. The van der Waals surface area contributed by atoms with Gasteiger partial charge < -0.3 is 10.2 Å². The molecular weight excluding hydrogens is 272 g/mol. The summed E-state index contributed by atoms with van der Waals surface area (Å²) < 4.78 is 0. The highest BCUT2D eigenvalue weighted by molar-refractivity contribution is 6.31. The molecule has 1 N–H and O–H groups in total. The molecule has 1 aromatic carbocycles. The van der Waals surface area contributed by atoms with E-state index in [1.165, 1.54) is 0 Å². The molecule has 0 aliphatic heterocycles. The summed E-state index contributed by atoms with van der Waals surface area (Å²) in [6.45, 7) is 8.03. The van der Waals surface area contributed by atoms with Crippen LogP contribution in [-0.2, 0) is 0 Å². The maximum absolute atomic E-state index is 6.12. The Morgan fingerprint density at radius 3 is 2.60 bits per heavy atom. The summed E-state index contributed by atoms with van der Waals surface area (Å²) >= 11 is 6.12. The number of nitrogens with zero attached hydrogens (tertiary/aromatic N) is 3. The van der Waals surface area contributed by atoms with Gasteiger partial charge in [-0.25, -0.2) is 4.98 Å². The second kappa shape index (κ2) is 6.57. The van der Waals surface area contributed by atoms with E-state index >= 15 is 0 Å². The summed E-state index contributed by atoms with van der Waals surface area (Å²) in [5, 5.41) is 3.91. The minimum Gasteiger partial charge on any atom is -0.357 e. The van der Waals surface area contributed by atoms with Crippen molar-refractivity contribution in [2.45, 2.75) is 20.8 Å². The largest absolute Gasteiger partial charge is 0.357 e. The molecule has 0 saturated carbocycles. The molecule has 106 valence electrons. The predicted molar refractivity (Wildman–Crippen MR) is 85.1 cm³/mol. The summed E-state index contributed by atoms with van der Waals surface area (Å²) in [6, 6.07) is 7.73. The van der Waals surface area contributed by atoms with E-state index in [1.54, 1.807) is 6.20 Å². The lowest BCUT2D eigenvalue weighted by Gasteiger charge is -2.19. The molecule has 5 heteroatoms. The summed E-state index contributed by atoms with van der Waals surface area (Å²) in [5.74, 6) is 1.50. The number of benzene rings is 1. The van der Waals surface area contributed by atoms with Crippen LogP contribution in [0.4, 0.5) is 17.5 Å². The lowest BCUT2D eigenvalue weighted by atomic mass is 10.2. The molecule has 0 atom stereocenters. The molecule has 0 bridgehead atoms. The third kappa shape index (κ3) is 3.39. The van der Waals surface area contributed by atoms with Crippen LogP contribution < -0.4 is 10.2 Å². The summed E-state index contributed by atoms with van der Waals surface area (Å²) in [6.07, 6.45) is 1.76. The molecule has 1 aromatic heterocycles. The van der Waals surface area contributed by atoms with Crippen molar-refractivity contribution in [1.29, 1.82) is 0 Å². The third-order valence-corrected chi connectivity index (χ3v) is 3.56. The van der Waals surface area contributed by atoms with Crippen LogP contribution in [0.15, 0.2) is 30.5 Å². The Hall–Kier alpha value is -1.81. The molecule has 0 aliphatic rings. The van der Waals surface area contributed by atoms with Crippen molar-refractivity contribution in [1.82, 2.24) is 9.97 Å². The lowest BCUT2D eigenvalue weighted by Crippen LogP contribution is -2.23. The first-order valence-electron chi connectivity index (χ1n) is 6.75. The van der Waals surface area contributed by atoms with Gasteiger partial charge in [-0.15, -0.1) is 0 Å². The number of aromatic nitrogens is 2. The van der Waals surface area contributed by atoms with Crippen molar-refractivity contribution in [3.05, 3.63) is 41.0 Å². The van der Waals surface area contributed by atoms with Crippen LogP contribution in [0.25, 0.3) is 0 Å². The molecule has 0 unspecified atom stereocenters. The quantitative estimate of drug-likeness (QED) is 0.903. The van der Waals surface area contributed by atoms with E-state index in [0.717, 1.165) is 35.2 Å². The highest BCUT2D eigenvalue weighted by Crippen LogP contribution is 2.22. The zero-order valence-electron chi connectivity index (χ0n) is 12.0. The maximum atomic E-state index is 6.12. The fourth-order valence-electron chi connectivity index (χ4n) is 1.93. The summed E-state index contributed by atoms with van der Waals surface area (Å²) in [4.78, 5) is 10.9. The minimum absolute atomic E-state index is 0.578. The van der Waals surface area contributed by atoms with Gasteiger partial charge in [-0.2, -0.15) is 4.98 Å². The second-order valence-electron chi connectivity index (χ2n) is 4.50. The Balaban J connectivity index is 2.21. The number of halogens is 1. The van der Waals surface area contributed by atoms with Gasteiger partial charge in [-0.3, -0.25) is 0 Å². The molecule has 2 aromatic rings. The highest BCUT2D eigenvalue weighted by Gasteiger charge is 2.06. The van der Waals surface area contributed by atoms with Crippen LogP contribution in [-0.4, -0.2) is 23.1 Å². The van der Waals surface area contributed by atoms with Gasteiger partial charge in [-0.05, 0) is 44.5 Å². The van der Waals surface area contributed by atoms with Crippen molar-refractivity contribution in [2.75, 3.05) is 23.3 Å². The number of aryl methyl sites for hydroxylation is 1. The fraction of sp³-hybridized carbons (Fsp3) is 0.333. The van der Waals surface area contributed by atoms with Crippen molar-refractivity contribution in [3.8, 4) is 0 Å². The van der Waals surface area contributed by atoms with Gasteiger partial charge in [0.1, 0.15) is 5.82 Å². The highest BCUT2D eigenvalue weighted by atomic mass is 35.5. The maximum Gasteiger partial charge on any atom is 0.229 e.